The van der Waals surface area contributed by atoms with Gasteiger partial charge in [0.25, 0.3) is 5.91 Å². The quantitative estimate of drug-likeness (QED) is 0.535. The van der Waals surface area contributed by atoms with E-state index in [9.17, 15) is 14.4 Å². The van der Waals surface area contributed by atoms with Gasteiger partial charge in [-0.15, -0.1) is 0 Å². The summed E-state index contributed by atoms with van der Waals surface area (Å²) in [6, 6.07) is 5.92. The highest BCUT2D eigenvalue weighted by Gasteiger charge is 2.57. The molecular formula is C28H33ClN4O6. The number of benzene rings is 1. The Morgan fingerprint density at radius 3 is 2.59 bits per heavy atom. The molecule has 0 bridgehead atoms. The molecule has 3 aliphatic heterocycles. The second kappa shape index (κ2) is 9.23. The lowest BCUT2D eigenvalue weighted by molar-refractivity contribution is -0.0564. The van der Waals surface area contributed by atoms with Gasteiger partial charge < -0.3 is 19.1 Å². The second-order valence-electron chi connectivity index (χ2n) is 12.2. The van der Waals surface area contributed by atoms with E-state index in [0.717, 1.165) is 16.2 Å². The fraction of sp³-hybridized carbons (Fsp3) is 0.571. The van der Waals surface area contributed by atoms with Gasteiger partial charge in [0.2, 0.25) is 0 Å². The van der Waals surface area contributed by atoms with E-state index in [2.05, 4.69) is 11.2 Å². The predicted octanol–water partition coefficient (Wildman–Crippen LogP) is 4.46. The molecule has 39 heavy (non-hydrogen) atoms. The maximum absolute atomic E-state index is 13.7. The van der Waals surface area contributed by atoms with Crippen molar-refractivity contribution in [3.05, 3.63) is 51.8 Å². The molecule has 1 aromatic heterocycles. The van der Waals surface area contributed by atoms with Gasteiger partial charge >= 0.3 is 12.2 Å². The van der Waals surface area contributed by atoms with Gasteiger partial charge in [0.1, 0.15) is 11.2 Å². The summed E-state index contributed by atoms with van der Waals surface area (Å²) < 4.78 is 18.2. The molecule has 3 amide bonds. The maximum atomic E-state index is 13.7. The van der Waals surface area contributed by atoms with Crippen LogP contribution in [0.15, 0.2) is 24.4 Å². The van der Waals surface area contributed by atoms with Crippen molar-refractivity contribution < 1.29 is 28.6 Å². The van der Waals surface area contributed by atoms with Crippen molar-refractivity contribution in [2.75, 3.05) is 26.3 Å². The molecule has 1 aromatic carbocycles. The number of hydrogen-bond donors (Lipinski definition) is 0. The van der Waals surface area contributed by atoms with E-state index >= 15 is 0 Å². The molecule has 1 aliphatic carbocycles. The van der Waals surface area contributed by atoms with E-state index in [-0.39, 0.29) is 24.4 Å². The van der Waals surface area contributed by atoms with Crippen LogP contribution in [0.1, 0.15) is 72.8 Å². The molecule has 3 fully saturated rings. The van der Waals surface area contributed by atoms with E-state index in [1.807, 2.05) is 24.1 Å². The average Bonchev–Trinajstić information content (AvgIpc) is 3.40. The number of hydrogen-bond acceptors (Lipinski definition) is 7. The fourth-order valence-corrected chi connectivity index (χ4v) is 6.41. The van der Waals surface area contributed by atoms with Gasteiger partial charge in [-0.25, -0.2) is 14.5 Å². The van der Waals surface area contributed by atoms with Crippen LogP contribution in [-0.2, 0) is 27.7 Å². The zero-order valence-electron chi connectivity index (χ0n) is 22.6. The Labute approximate surface area is 232 Å². The standard InChI is InChI=1S/C28H33ClN4O6/c1-27(2,3)38-25(35)33-15-28(39-26(33)36)9-16(10-28)12-32-22(8-23-21(29)11-30-31(23)4)20-7-17(18-13-37-14-18)5-6-19(20)24(32)34/h5-7,11,16,18,22H,8-10,12-15H2,1-4H3. The van der Waals surface area contributed by atoms with Crippen molar-refractivity contribution in [1.82, 2.24) is 19.6 Å². The van der Waals surface area contributed by atoms with Gasteiger partial charge in [-0.3, -0.25) is 9.48 Å². The molecule has 1 atom stereocenters. The van der Waals surface area contributed by atoms with E-state index in [0.29, 0.717) is 55.5 Å². The first-order chi connectivity index (χ1) is 18.4. The van der Waals surface area contributed by atoms with E-state index < -0.39 is 23.4 Å². The fourth-order valence-electron chi connectivity index (χ4n) is 6.17. The molecule has 0 N–H and O–H groups in total. The van der Waals surface area contributed by atoms with Crippen LogP contribution in [0, 0.1) is 5.92 Å². The highest BCUT2D eigenvalue weighted by molar-refractivity contribution is 6.31. The zero-order valence-corrected chi connectivity index (χ0v) is 23.4. The minimum absolute atomic E-state index is 0.00977. The normalized spacial score (nSPS) is 26.5. The van der Waals surface area contributed by atoms with Crippen molar-refractivity contribution in [2.24, 2.45) is 13.0 Å². The van der Waals surface area contributed by atoms with Gasteiger partial charge in [0.05, 0.1) is 42.7 Å². The summed E-state index contributed by atoms with van der Waals surface area (Å²) in [6.45, 7) is 7.32. The predicted molar refractivity (Wildman–Crippen MR) is 141 cm³/mol. The Balaban J connectivity index is 1.19. The third-order valence-corrected chi connectivity index (χ3v) is 8.49. The molecule has 10 nitrogen and oxygen atoms in total. The molecule has 4 heterocycles. The largest absolute Gasteiger partial charge is 0.443 e. The highest BCUT2D eigenvalue weighted by atomic mass is 35.5. The first-order valence-electron chi connectivity index (χ1n) is 13.4. The van der Waals surface area contributed by atoms with Crippen LogP contribution < -0.4 is 0 Å². The summed E-state index contributed by atoms with van der Waals surface area (Å²) in [5.41, 5.74) is 2.31. The molecule has 1 saturated carbocycles. The molecule has 208 valence electrons. The van der Waals surface area contributed by atoms with Gasteiger partial charge in [-0.2, -0.15) is 5.10 Å². The summed E-state index contributed by atoms with van der Waals surface area (Å²) in [7, 11) is 1.85. The molecular weight excluding hydrogens is 524 g/mol. The molecule has 4 aliphatic rings. The monoisotopic (exact) mass is 556 g/mol. The number of ether oxygens (including phenoxy) is 3. The zero-order chi connectivity index (χ0) is 27.7. The van der Waals surface area contributed by atoms with Crippen molar-refractivity contribution in [2.45, 2.75) is 63.2 Å². The van der Waals surface area contributed by atoms with Gasteiger partial charge in [-0.05, 0) is 56.7 Å². The summed E-state index contributed by atoms with van der Waals surface area (Å²) in [4.78, 5) is 41.6. The third kappa shape index (κ3) is 4.67. The lowest BCUT2D eigenvalue weighted by Crippen LogP contribution is -2.51. The Morgan fingerprint density at radius 2 is 1.97 bits per heavy atom. The smallest absolute Gasteiger partial charge is 0.420 e. The number of rotatable bonds is 5. The number of imide groups is 1. The van der Waals surface area contributed by atoms with Crippen LogP contribution in [-0.4, -0.2) is 75.2 Å². The number of fused-ring (bicyclic) bond motifs is 1. The van der Waals surface area contributed by atoms with Crippen LogP contribution >= 0.6 is 11.6 Å². The third-order valence-electron chi connectivity index (χ3n) is 8.17. The minimum atomic E-state index is -0.730. The molecule has 1 spiro atoms. The first kappa shape index (κ1) is 26.1. The van der Waals surface area contributed by atoms with Crippen molar-refractivity contribution in [3.8, 4) is 0 Å². The number of carbonyl (C=O) groups is 3. The SMILES string of the molecule is Cn1ncc(Cl)c1CC1c2cc(C3COC3)ccc2C(=O)N1CC1CC2(C1)CN(C(=O)OC(C)(C)C)C(=O)O2. The van der Waals surface area contributed by atoms with Crippen LogP contribution in [0.25, 0.3) is 0 Å². The van der Waals surface area contributed by atoms with E-state index in [1.165, 1.54) is 5.56 Å². The van der Waals surface area contributed by atoms with Crippen LogP contribution in [0.5, 0.6) is 0 Å². The number of carbonyl (C=O) groups excluding carboxylic acids is 3. The lowest BCUT2D eigenvalue weighted by atomic mass is 9.70. The molecule has 2 saturated heterocycles. The number of halogens is 1. The minimum Gasteiger partial charge on any atom is -0.443 e. The topological polar surface area (TPSA) is 103 Å². The number of aromatic nitrogens is 2. The van der Waals surface area contributed by atoms with Crippen molar-refractivity contribution in [1.29, 1.82) is 0 Å². The van der Waals surface area contributed by atoms with Gasteiger partial charge in [0.15, 0.2) is 0 Å². The highest BCUT2D eigenvalue weighted by Crippen LogP contribution is 2.48. The van der Waals surface area contributed by atoms with Crippen molar-refractivity contribution in [3.63, 3.8) is 0 Å². The van der Waals surface area contributed by atoms with E-state index in [1.54, 1.807) is 31.6 Å². The van der Waals surface area contributed by atoms with Crippen molar-refractivity contribution >= 4 is 29.7 Å². The lowest BCUT2D eigenvalue weighted by Gasteiger charge is -2.44. The number of nitrogens with zero attached hydrogens (tertiary/aromatic N) is 4. The Hall–Kier alpha value is -3.11. The summed E-state index contributed by atoms with van der Waals surface area (Å²) in [5.74, 6) is 0.458. The van der Waals surface area contributed by atoms with Gasteiger partial charge in [-0.1, -0.05) is 23.7 Å². The van der Waals surface area contributed by atoms with Gasteiger partial charge in [0, 0.05) is 31.5 Å². The number of amides is 3. The Bertz CT molecular complexity index is 1320. The first-order valence-corrected chi connectivity index (χ1v) is 13.7. The Morgan fingerprint density at radius 1 is 1.23 bits per heavy atom. The van der Waals surface area contributed by atoms with Crippen LogP contribution in [0.2, 0.25) is 5.02 Å². The molecule has 6 rings (SSSR count). The summed E-state index contributed by atoms with van der Waals surface area (Å²) >= 11 is 6.47. The molecule has 2 aromatic rings. The molecule has 1 unspecified atom stereocenters. The van der Waals surface area contributed by atoms with Crippen LogP contribution in [0.3, 0.4) is 0 Å². The Kier molecular flexibility index (Phi) is 6.18. The van der Waals surface area contributed by atoms with E-state index in [4.69, 9.17) is 25.8 Å². The van der Waals surface area contributed by atoms with Crippen LogP contribution in [0.4, 0.5) is 9.59 Å². The summed E-state index contributed by atoms with van der Waals surface area (Å²) in [6.07, 6.45) is 1.94. The molecule has 11 heteroatoms. The number of aryl methyl sites for hydroxylation is 1. The average molecular weight is 557 g/mol. The second-order valence-corrected chi connectivity index (χ2v) is 12.6. The maximum Gasteiger partial charge on any atom is 0.420 e. The summed E-state index contributed by atoms with van der Waals surface area (Å²) in [5, 5.41) is 4.86. The molecule has 0 radical (unpaired) electrons.